The minimum absolute atomic E-state index is 0.131. The van der Waals surface area contributed by atoms with Gasteiger partial charge in [-0.15, -0.1) is 0 Å². The normalized spacial score (nSPS) is 17.1. The van der Waals surface area contributed by atoms with Crippen LogP contribution in [0.1, 0.15) is 24.5 Å². The molecule has 1 aliphatic carbocycles. The van der Waals surface area contributed by atoms with Crippen LogP contribution in [0.2, 0.25) is 0 Å². The maximum absolute atomic E-state index is 5.48. The zero-order valence-corrected chi connectivity index (χ0v) is 9.90. The molecule has 1 aliphatic rings. The van der Waals surface area contributed by atoms with Gasteiger partial charge in [-0.05, 0) is 30.5 Å². The van der Waals surface area contributed by atoms with E-state index in [4.69, 9.17) is 9.47 Å². The molecule has 0 spiro atoms. The zero-order chi connectivity index (χ0) is 11.4. The Kier molecular flexibility index (Phi) is 3.80. The van der Waals surface area contributed by atoms with Gasteiger partial charge in [0.2, 0.25) is 0 Å². The van der Waals surface area contributed by atoms with Gasteiger partial charge in [0.15, 0.2) is 0 Å². The molecule has 1 N–H and O–H groups in total. The van der Waals surface area contributed by atoms with E-state index in [2.05, 4.69) is 17.4 Å². The molecule has 1 unspecified atom stereocenters. The predicted molar refractivity (Wildman–Crippen MR) is 63.8 cm³/mol. The van der Waals surface area contributed by atoms with Gasteiger partial charge in [0, 0.05) is 19.7 Å². The summed E-state index contributed by atoms with van der Waals surface area (Å²) in [6, 6.07) is 8.77. The first kappa shape index (κ1) is 11.4. The molecule has 0 aromatic heterocycles. The van der Waals surface area contributed by atoms with Crippen molar-refractivity contribution in [2.45, 2.75) is 25.0 Å². The topological polar surface area (TPSA) is 30.5 Å². The fraction of sp³-hybridized carbons (Fsp3) is 0.538. The van der Waals surface area contributed by atoms with Crippen LogP contribution >= 0.6 is 0 Å². The molecule has 3 nitrogen and oxygen atoms in total. The maximum Gasteiger partial charge on any atom is 0.118 e. The van der Waals surface area contributed by atoms with Crippen molar-refractivity contribution < 1.29 is 9.47 Å². The summed E-state index contributed by atoms with van der Waals surface area (Å²) in [4.78, 5) is 0. The molecule has 1 fully saturated rings. The van der Waals surface area contributed by atoms with Gasteiger partial charge in [-0.1, -0.05) is 12.1 Å². The Morgan fingerprint density at radius 2 is 1.94 bits per heavy atom. The molecule has 0 radical (unpaired) electrons. The van der Waals surface area contributed by atoms with Crippen LogP contribution in [0.15, 0.2) is 24.3 Å². The largest absolute Gasteiger partial charge is 0.497 e. The van der Waals surface area contributed by atoms with Crippen molar-refractivity contribution in [2.75, 3.05) is 20.8 Å². The van der Waals surface area contributed by atoms with Gasteiger partial charge in [-0.2, -0.15) is 0 Å². The number of methoxy groups -OCH3 is 2. The Bertz CT molecular complexity index is 319. The lowest BCUT2D eigenvalue weighted by molar-refractivity contribution is 0.102. The van der Waals surface area contributed by atoms with Gasteiger partial charge in [0.1, 0.15) is 5.75 Å². The monoisotopic (exact) mass is 221 g/mol. The highest BCUT2D eigenvalue weighted by Crippen LogP contribution is 2.23. The van der Waals surface area contributed by atoms with Crippen LogP contribution in [0.5, 0.6) is 5.75 Å². The Morgan fingerprint density at radius 1 is 1.25 bits per heavy atom. The lowest BCUT2D eigenvalue weighted by Gasteiger charge is -2.16. The zero-order valence-electron chi connectivity index (χ0n) is 9.90. The van der Waals surface area contributed by atoms with E-state index in [0.29, 0.717) is 0 Å². The average molecular weight is 221 g/mol. The van der Waals surface area contributed by atoms with Gasteiger partial charge < -0.3 is 14.8 Å². The predicted octanol–water partition coefficient (Wildman–Crippen LogP) is 2.13. The lowest BCUT2D eigenvalue weighted by atomic mass is 10.1. The van der Waals surface area contributed by atoms with E-state index in [1.807, 2.05) is 12.1 Å². The Morgan fingerprint density at radius 3 is 2.44 bits per heavy atom. The molecular formula is C13H19NO2. The fourth-order valence-electron chi connectivity index (χ4n) is 1.72. The molecule has 1 atom stereocenters. The van der Waals surface area contributed by atoms with Crippen LogP contribution in [0.3, 0.4) is 0 Å². The Balaban J connectivity index is 1.94. The van der Waals surface area contributed by atoms with E-state index in [9.17, 15) is 0 Å². The van der Waals surface area contributed by atoms with E-state index in [-0.39, 0.29) is 6.10 Å². The number of benzene rings is 1. The SMILES string of the molecule is COc1ccc(C(CNC2CC2)OC)cc1. The quantitative estimate of drug-likeness (QED) is 0.798. The summed E-state index contributed by atoms with van der Waals surface area (Å²) in [5, 5.41) is 3.48. The molecule has 0 saturated heterocycles. The number of hydrogen-bond acceptors (Lipinski definition) is 3. The Labute approximate surface area is 96.8 Å². The molecule has 0 heterocycles. The first-order chi connectivity index (χ1) is 7.83. The van der Waals surface area contributed by atoms with Gasteiger partial charge in [0.05, 0.1) is 13.2 Å². The maximum atomic E-state index is 5.48. The van der Waals surface area contributed by atoms with Crippen molar-refractivity contribution in [3.63, 3.8) is 0 Å². The minimum Gasteiger partial charge on any atom is -0.497 e. The lowest BCUT2D eigenvalue weighted by Crippen LogP contribution is -2.24. The van der Waals surface area contributed by atoms with Crippen LogP contribution in [-0.4, -0.2) is 26.8 Å². The first-order valence-electron chi connectivity index (χ1n) is 5.73. The number of ether oxygens (including phenoxy) is 2. The molecule has 1 aromatic rings. The van der Waals surface area contributed by atoms with Crippen LogP contribution in [0.25, 0.3) is 0 Å². The van der Waals surface area contributed by atoms with Crippen molar-refractivity contribution in [1.29, 1.82) is 0 Å². The van der Waals surface area contributed by atoms with Crippen LogP contribution < -0.4 is 10.1 Å². The van der Waals surface area contributed by atoms with Gasteiger partial charge >= 0.3 is 0 Å². The van der Waals surface area contributed by atoms with Crippen molar-refractivity contribution in [3.05, 3.63) is 29.8 Å². The second-order valence-electron chi connectivity index (χ2n) is 4.18. The van der Waals surface area contributed by atoms with Crippen LogP contribution in [0.4, 0.5) is 0 Å². The highest BCUT2D eigenvalue weighted by Gasteiger charge is 2.22. The summed E-state index contributed by atoms with van der Waals surface area (Å²) in [5.41, 5.74) is 1.19. The molecule has 0 aliphatic heterocycles. The Hall–Kier alpha value is -1.06. The molecule has 0 amide bonds. The summed E-state index contributed by atoms with van der Waals surface area (Å²) in [7, 11) is 3.43. The highest BCUT2D eigenvalue weighted by molar-refractivity contribution is 5.28. The van der Waals surface area contributed by atoms with E-state index < -0.39 is 0 Å². The van der Waals surface area contributed by atoms with Crippen LogP contribution in [-0.2, 0) is 4.74 Å². The molecule has 16 heavy (non-hydrogen) atoms. The summed E-state index contributed by atoms with van der Waals surface area (Å²) in [6.45, 7) is 0.882. The number of rotatable bonds is 6. The smallest absolute Gasteiger partial charge is 0.118 e. The second-order valence-corrected chi connectivity index (χ2v) is 4.18. The molecule has 1 saturated carbocycles. The van der Waals surface area contributed by atoms with E-state index >= 15 is 0 Å². The van der Waals surface area contributed by atoms with Crippen molar-refractivity contribution >= 4 is 0 Å². The third-order valence-electron chi connectivity index (χ3n) is 2.94. The summed E-state index contributed by atoms with van der Waals surface area (Å²) < 4.78 is 10.6. The fourth-order valence-corrected chi connectivity index (χ4v) is 1.72. The van der Waals surface area contributed by atoms with Gasteiger partial charge in [0.25, 0.3) is 0 Å². The van der Waals surface area contributed by atoms with Crippen molar-refractivity contribution in [3.8, 4) is 5.75 Å². The van der Waals surface area contributed by atoms with Gasteiger partial charge in [-0.25, -0.2) is 0 Å². The van der Waals surface area contributed by atoms with E-state index in [1.165, 1.54) is 18.4 Å². The first-order valence-corrected chi connectivity index (χ1v) is 5.73. The standard InChI is InChI=1S/C13H19NO2/c1-15-12-7-3-10(4-8-12)13(16-2)9-14-11-5-6-11/h3-4,7-8,11,13-14H,5-6,9H2,1-2H3. The molecule has 0 bridgehead atoms. The third-order valence-corrected chi connectivity index (χ3v) is 2.94. The van der Waals surface area contributed by atoms with Crippen molar-refractivity contribution in [2.24, 2.45) is 0 Å². The molecule has 1 aromatic carbocycles. The third kappa shape index (κ3) is 2.97. The minimum atomic E-state index is 0.131. The van der Waals surface area contributed by atoms with Gasteiger partial charge in [-0.3, -0.25) is 0 Å². The molecule has 88 valence electrons. The molecule has 2 rings (SSSR count). The number of hydrogen-bond donors (Lipinski definition) is 1. The van der Waals surface area contributed by atoms with Crippen LogP contribution in [0, 0.1) is 0 Å². The van der Waals surface area contributed by atoms with Crippen molar-refractivity contribution in [1.82, 2.24) is 5.32 Å². The second kappa shape index (κ2) is 5.32. The number of nitrogens with one attached hydrogen (secondary N) is 1. The summed E-state index contributed by atoms with van der Waals surface area (Å²) >= 11 is 0. The highest BCUT2D eigenvalue weighted by atomic mass is 16.5. The van der Waals surface area contributed by atoms with E-state index in [0.717, 1.165) is 18.3 Å². The molecular weight excluding hydrogens is 202 g/mol. The average Bonchev–Trinajstić information content (AvgIpc) is 3.15. The van der Waals surface area contributed by atoms with E-state index in [1.54, 1.807) is 14.2 Å². The summed E-state index contributed by atoms with van der Waals surface area (Å²) in [5.74, 6) is 0.883. The molecule has 3 heteroatoms. The summed E-state index contributed by atoms with van der Waals surface area (Å²) in [6.07, 6.45) is 2.74.